The van der Waals surface area contributed by atoms with Crippen molar-refractivity contribution in [2.24, 2.45) is 0 Å². The molecular weight excluding hydrogens is 328 g/mol. The normalized spacial score (nSPS) is 15.6. The van der Waals surface area contributed by atoms with E-state index in [1.807, 2.05) is 60.8 Å². The lowest BCUT2D eigenvalue weighted by Gasteiger charge is -2.26. The minimum atomic E-state index is -0.178. The van der Waals surface area contributed by atoms with Crippen LogP contribution in [-0.2, 0) is 6.54 Å². The molecule has 0 fully saturated rings. The molecule has 1 aliphatic rings. The molecule has 3 aromatic rings. The second-order valence-electron chi connectivity index (χ2n) is 6.17. The van der Waals surface area contributed by atoms with Crippen molar-refractivity contribution >= 4 is 6.03 Å². The van der Waals surface area contributed by atoms with Gasteiger partial charge in [0.05, 0.1) is 18.3 Å². The van der Waals surface area contributed by atoms with E-state index in [1.54, 1.807) is 10.9 Å². The molecule has 2 aromatic carbocycles. The molecule has 6 heteroatoms. The quantitative estimate of drug-likeness (QED) is 0.761. The molecule has 0 spiro atoms. The molecule has 2 amide bonds. The fourth-order valence-corrected chi connectivity index (χ4v) is 3.07. The van der Waals surface area contributed by atoms with E-state index in [4.69, 9.17) is 4.74 Å². The number of hydrogen-bond acceptors (Lipinski definition) is 3. The molecule has 1 aliphatic heterocycles. The van der Waals surface area contributed by atoms with Crippen molar-refractivity contribution in [2.75, 3.05) is 6.61 Å². The van der Waals surface area contributed by atoms with Gasteiger partial charge in [0.15, 0.2) is 0 Å². The molecule has 0 aliphatic carbocycles. The van der Waals surface area contributed by atoms with Crippen LogP contribution in [-0.4, -0.2) is 22.4 Å². The lowest BCUT2D eigenvalue weighted by atomic mass is 10.0. The van der Waals surface area contributed by atoms with E-state index in [0.29, 0.717) is 13.2 Å². The highest BCUT2D eigenvalue weighted by Gasteiger charge is 2.22. The number of rotatable bonds is 4. The minimum Gasteiger partial charge on any atom is -0.493 e. The van der Waals surface area contributed by atoms with Gasteiger partial charge in [-0.1, -0.05) is 30.3 Å². The average Bonchev–Trinajstić information content (AvgIpc) is 3.22. The highest BCUT2D eigenvalue weighted by Crippen LogP contribution is 2.31. The van der Waals surface area contributed by atoms with Gasteiger partial charge in [0.2, 0.25) is 0 Å². The third-order valence-electron chi connectivity index (χ3n) is 4.42. The molecule has 26 heavy (non-hydrogen) atoms. The van der Waals surface area contributed by atoms with E-state index < -0.39 is 0 Å². The van der Waals surface area contributed by atoms with Gasteiger partial charge in [-0.05, 0) is 29.8 Å². The van der Waals surface area contributed by atoms with Crippen LogP contribution in [0.4, 0.5) is 4.79 Å². The average molecular weight is 348 g/mol. The van der Waals surface area contributed by atoms with Crippen molar-refractivity contribution in [2.45, 2.75) is 19.0 Å². The summed E-state index contributed by atoms with van der Waals surface area (Å²) in [5.41, 5.74) is 3.04. The van der Waals surface area contributed by atoms with E-state index >= 15 is 0 Å². The monoisotopic (exact) mass is 348 g/mol. The number of ether oxygens (including phenoxy) is 1. The highest BCUT2D eigenvalue weighted by atomic mass is 16.5. The van der Waals surface area contributed by atoms with Gasteiger partial charge in [-0.3, -0.25) is 0 Å². The van der Waals surface area contributed by atoms with Crippen LogP contribution in [0.25, 0.3) is 5.69 Å². The Morgan fingerprint density at radius 1 is 1.15 bits per heavy atom. The van der Waals surface area contributed by atoms with Gasteiger partial charge in [-0.15, -0.1) is 0 Å². The minimum absolute atomic E-state index is 0.0258. The number of amides is 2. The molecule has 4 rings (SSSR count). The first-order chi connectivity index (χ1) is 12.8. The predicted octanol–water partition coefficient (Wildman–Crippen LogP) is 3.20. The largest absolute Gasteiger partial charge is 0.493 e. The molecule has 0 saturated carbocycles. The number of fused-ring (bicyclic) bond motifs is 1. The number of carbonyl (C=O) groups excluding carboxylic acids is 1. The molecule has 0 radical (unpaired) electrons. The summed E-state index contributed by atoms with van der Waals surface area (Å²) in [6, 6.07) is 17.4. The maximum Gasteiger partial charge on any atom is 0.315 e. The van der Waals surface area contributed by atoms with Crippen LogP contribution in [0.2, 0.25) is 0 Å². The topological polar surface area (TPSA) is 68.2 Å². The number of carbonyl (C=O) groups is 1. The van der Waals surface area contributed by atoms with Gasteiger partial charge >= 0.3 is 6.03 Å². The van der Waals surface area contributed by atoms with Crippen LogP contribution in [0.1, 0.15) is 23.6 Å². The second kappa shape index (κ2) is 7.31. The van der Waals surface area contributed by atoms with E-state index in [2.05, 4.69) is 15.7 Å². The maximum absolute atomic E-state index is 12.3. The van der Waals surface area contributed by atoms with Gasteiger partial charge in [-0.2, -0.15) is 5.10 Å². The molecule has 1 atom stereocenters. The van der Waals surface area contributed by atoms with E-state index in [1.165, 1.54) is 0 Å². The summed E-state index contributed by atoms with van der Waals surface area (Å²) in [6.45, 7) is 1.08. The molecule has 132 valence electrons. The fourth-order valence-electron chi connectivity index (χ4n) is 3.07. The van der Waals surface area contributed by atoms with Gasteiger partial charge in [-0.25, -0.2) is 9.48 Å². The van der Waals surface area contributed by atoms with Crippen molar-refractivity contribution in [3.8, 4) is 11.4 Å². The Morgan fingerprint density at radius 2 is 2.00 bits per heavy atom. The van der Waals surface area contributed by atoms with Gasteiger partial charge < -0.3 is 15.4 Å². The Labute approximate surface area is 151 Å². The van der Waals surface area contributed by atoms with Crippen molar-refractivity contribution in [3.63, 3.8) is 0 Å². The Bertz CT molecular complexity index is 875. The molecule has 2 N–H and O–H groups in total. The van der Waals surface area contributed by atoms with Crippen LogP contribution in [0.15, 0.2) is 67.0 Å². The van der Waals surface area contributed by atoms with Crippen LogP contribution < -0.4 is 15.4 Å². The van der Waals surface area contributed by atoms with Crippen molar-refractivity contribution in [1.29, 1.82) is 0 Å². The standard InChI is InChI=1S/C20H20N4O2/c25-20(23-18-10-13-26-19-5-2-1-4-17(18)19)21-14-15-6-8-16(9-7-15)24-12-3-11-22-24/h1-9,11-12,18H,10,13-14H2,(H2,21,23,25). The number of urea groups is 1. The van der Waals surface area contributed by atoms with Crippen LogP contribution in [0, 0.1) is 0 Å². The number of benzene rings is 2. The Balaban J connectivity index is 1.33. The molecule has 1 aromatic heterocycles. The number of nitrogens with zero attached hydrogens (tertiary/aromatic N) is 2. The first-order valence-electron chi connectivity index (χ1n) is 8.65. The van der Waals surface area contributed by atoms with Crippen molar-refractivity contribution < 1.29 is 9.53 Å². The second-order valence-corrected chi connectivity index (χ2v) is 6.17. The SMILES string of the molecule is O=C(NCc1ccc(-n2cccn2)cc1)NC1CCOc2ccccc21. The van der Waals surface area contributed by atoms with Gasteiger partial charge in [0.25, 0.3) is 0 Å². The summed E-state index contributed by atoms with van der Waals surface area (Å²) in [7, 11) is 0. The predicted molar refractivity (Wildman–Crippen MR) is 98.2 cm³/mol. The van der Waals surface area contributed by atoms with Crippen LogP contribution in [0.5, 0.6) is 5.75 Å². The molecule has 2 heterocycles. The molecular formula is C20H20N4O2. The van der Waals surface area contributed by atoms with E-state index in [0.717, 1.165) is 29.0 Å². The Kier molecular flexibility index (Phi) is 4.55. The number of hydrogen-bond donors (Lipinski definition) is 2. The van der Waals surface area contributed by atoms with Crippen molar-refractivity contribution in [3.05, 3.63) is 78.1 Å². The number of aromatic nitrogens is 2. The fraction of sp³-hybridized carbons (Fsp3) is 0.200. The third-order valence-corrected chi connectivity index (χ3v) is 4.42. The van der Waals surface area contributed by atoms with E-state index in [9.17, 15) is 4.79 Å². The Morgan fingerprint density at radius 3 is 2.81 bits per heavy atom. The zero-order valence-electron chi connectivity index (χ0n) is 14.3. The molecule has 0 bridgehead atoms. The molecule has 1 unspecified atom stereocenters. The smallest absolute Gasteiger partial charge is 0.315 e. The lowest BCUT2D eigenvalue weighted by Crippen LogP contribution is -2.39. The third kappa shape index (κ3) is 3.54. The first kappa shape index (κ1) is 16.2. The summed E-state index contributed by atoms with van der Waals surface area (Å²) in [4.78, 5) is 12.3. The van der Waals surface area contributed by atoms with E-state index in [-0.39, 0.29) is 12.1 Å². The van der Waals surface area contributed by atoms with Gasteiger partial charge in [0.1, 0.15) is 5.75 Å². The number of para-hydroxylation sites is 1. The zero-order valence-corrected chi connectivity index (χ0v) is 14.3. The molecule has 6 nitrogen and oxygen atoms in total. The maximum atomic E-state index is 12.3. The highest BCUT2D eigenvalue weighted by molar-refractivity contribution is 5.74. The molecule has 0 saturated heterocycles. The first-order valence-corrected chi connectivity index (χ1v) is 8.65. The Hall–Kier alpha value is -3.28. The van der Waals surface area contributed by atoms with Gasteiger partial charge in [0, 0.05) is 30.9 Å². The summed E-state index contributed by atoms with van der Waals surface area (Å²) >= 11 is 0. The summed E-state index contributed by atoms with van der Waals surface area (Å²) < 4.78 is 7.43. The summed E-state index contributed by atoms with van der Waals surface area (Å²) in [5.74, 6) is 0.846. The lowest BCUT2D eigenvalue weighted by molar-refractivity contribution is 0.223. The summed E-state index contributed by atoms with van der Waals surface area (Å²) in [5, 5.41) is 10.2. The number of nitrogens with one attached hydrogen (secondary N) is 2. The van der Waals surface area contributed by atoms with Crippen LogP contribution in [0.3, 0.4) is 0 Å². The summed E-state index contributed by atoms with van der Waals surface area (Å²) in [6.07, 6.45) is 4.41. The zero-order chi connectivity index (χ0) is 17.8. The van der Waals surface area contributed by atoms with Crippen LogP contribution >= 0.6 is 0 Å². The van der Waals surface area contributed by atoms with Crippen molar-refractivity contribution in [1.82, 2.24) is 20.4 Å².